The van der Waals surface area contributed by atoms with Gasteiger partial charge in [0.1, 0.15) is 0 Å². The van der Waals surface area contributed by atoms with Crippen molar-refractivity contribution in [3.63, 3.8) is 0 Å². The summed E-state index contributed by atoms with van der Waals surface area (Å²) in [5.74, 6) is -0.701. The topological polar surface area (TPSA) is 50.3 Å². The lowest BCUT2D eigenvalue weighted by Gasteiger charge is -2.13. The monoisotopic (exact) mass is 232 g/mol. The summed E-state index contributed by atoms with van der Waals surface area (Å²) in [6.07, 6.45) is 0.319. The lowest BCUT2D eigenvalue weighted by Crippen LogP contribution is -2.26. The summed E-state index contributed by atoms with van der Waals surface area (Å²) in [6, 6.07) is 5.61. The Kier molecular flexibility index (Phi) is 2.00. The number of benzene rings is 1. The number of carbonyl (C=O) groups is 2. The van der Waals surface area contributed by atoms with Crippen molar-refractivity contribution in [2.75, 3.05) is 11.4 Å². The van der Waals surface area contributed by atoms with Gasteiger partial charge >= 0.3 is 0 Å². The van der Waals surface area contributed by atoms with E-state index in [0.29, 0.717) is 13.0 Å². The van der Waals surface area contributed by atoms with Crippen molar-refractivity contribution in [3.05, 3.63) is 23.7 Å². The molecular formula is C11H8N2O2S. The van der Waals surface area contributed by atoms with Crippen molar-refractivity contribution in [2.45, 2.75) is 6.42 Å². The van der Waals surface area contributed by atoms with Crippen LogP contribution in [0.2, 0.25) is 0 Å². The minimum absolute atomic E-state index is 0.301. The van der Waals surface area contributed by atoms with Crippen molar-refractivity contribution in [3.8, 4) is 0 Å². The minimum atomic E-state index is -0.399. The first-order chi connectivity index (χ1) is 7.75. The largest absolute Gasteiger partial charge is 0.305 e. The van der Waals surface area contributed by atoms with Gasteiger partial charge in [0.15, 0.2) is 0 Å². The number of thiazole rings is 1. The molecule has 4 nitrogen and oxygen atoms in total. The molecule has 1 aliphatic rings. The van der Waals surface area contributed by atoms with E-state index < -0.39 is 5.91 Å². The fourth-order valence-corrected chi connectivity index (χ4v) is 2.54. The van der Waals surface area contributed by atoms with Crippen molar-refractivity contribution in [1.29, 1.82) is 0 Å². The number of carbonyl (C=O) groups excluding carboxylic acids is 2. The van der Waals surface area contributed by atoms with Crippen LogP contribution in [0, 0.1) is 0 Å². The SMILES string of the molecule is O=C1CCN(c2ccc3ncsc3c2)C1=O. The first-order valence-corrected chi connectivity index (χ1v) is 5.81. The lowest BCUT2D eigenvalue weighted by atomic mass is 10.3. The van der Waals surface area contributed by atoms with Gasteiger partial charge in [0.2, 0.25) is 5.78 Å². The Balaban J connectivity index is 2.05. The molecule has 2 heterocycles. The highest BCUT2D eigenvalue weighted by atomic mass is 32.1. The molecule has 0 radical (unpaired) electrons. The van der Waals surface area contributed by atoms with Crippen LogP contribution in [0.4, 0.5) is 5.69 Å². The fourth-order valence-electron chi connectivity index (χ4n) is 1.83. The number of aromatic nitrogens is 1. The number of fused-ring (bicyclic) bond motifs is 1. The Labute approximate surface area is 95.5 Å². The molecule has 0 spiro atoms. The molecule has 0 aliphatic carbocycles. The number of anilines is 1. The predicted molar refractivity (Wildman–Crippen MR) is 61.6 cm³/mol. The van der Waals surface area contributed by atoms with Crippen LogP contribution < -0.4 is 4.90 Å². The Bertz CT molecular complexity index is 590. The van der Waals surface area contributed by atoms with Gasteiger partial charge in [-0.25, -0.2) is 4.98 Å². The number of rotatable bonds is 1. The molecule has 5 heteroatoms. The van der Waals surface area contributed by atoms with Gasteiger partial charge in [-0.1, -0.05) is 0 Å². The van der Waals surface area contributed by atoms with Gasteiger partial charge < -0.3 is 4.90 Å². The molecule has 1 amide bonds. The van der Waals surface area contributed by atoms with Gasteiger partial charge in [-0.2, -0.15) is 0 Å². The van der Waals surface area contributed by atoms with Crippen molar-refractivity contribution in [1.82, 2.24) is 4.98 Å². The molecule has 1 aromatic carbocycles. The van der Waals surface area contributed by atoms with E-state index in [0.717, 1.165) is 15.9 Å². The number of hydrogen-bond donors (Lipinski definition) is 0. The number of Topliss-reactive ketones (excluding diaryl/α,β-unsaturated/α-hetero) is 1. The van der Waals surface area contributed by atoms with E-state index in [1.54, 1.807) is 5.51 Å². The van der Waals surface area contributed by atoms with Gasteiger partial charge in [0.25, 0.3) is 5.91 Å². The molecule has 80 valence electrons. The highest BCUT2D eigenvalue weighted by Gasteiger charge is 2.30. The van der Waals surface area contributed by atoms with Crippen LogP contribution in [-0.4, -0.2) is 23.2 Å². The predicted octanol–water partition coefficient (Wildman–Crippen LogP) is 1.60. The zero-order valence-corrected chi connectivity index (χ0v) is 9.16. The molecule has 1 saturated heterocycles. The smallest absolute Gasteiger partial charge is 0.294 e. The normalized spacial score (nSPS) is 16.4. The van der Waals surface area contributed by atoms with Gasteiger partial charge in [0.05, 0.1) is 15.7 Å². The van der Waals surface area contributed by atoms with Gasteiger partial charge in [-0.05, 0) is 18.2 Å². The average molecular weight is 232 g/mol. The van der Waals surface area contributed by atoms with Crippen LogP contribution >= 0.6 is 11.3 Å². The third-order valence-corrected chi connectivity index (χ3v) is 3.46. The van der Waals surface area contributed by atoms with E-state index in [9.17, 15) is 9.59 Å². The molecule has 0 saturated carbocycles. The standard InChI is InChI=1S/C11H8N2O2S/c14-9-3-4-13(11(9)15)7-1-2-8-10(5-7)16-6-12-8/h1-2,5-6H,3-4H2. The van der Waals surface area contributed by atoms with Crippen molar-refractivity contribution in [2.24, 2.45) is 0 Å². The van der Waals surface area contributed by atoms with Crippen LogP contribution in [0.3, 0.4) is 0 Å². The molecule has 2 aromatic rings. The lowest BCUT2D eigenvalue weighted by molar-refractivity contribution is -0.133. The second-order valence-electron chi connectivity index (χ2n) is 3.63. The van der Waals surface area contributed by atoms with Crippen LogP contribution in [-0.2, 0) is 9.59 Å². The summed E-state index contributed by atoms with van der Waals surface area (Å²) in [5, 5.41) is 0. The second-order valence-corrected chi connectivity index (χ2v) is 4.52. The quantitative estimate of drug-likeness (QED) is 0.702. The Hall–Kier alpha value is -1.75. The summed E-state index contributed by atoms with van der Waals surface area (Å²) >= 11 is 1.53. The molecule has 1 fully saturated rings. The summed E-state index contributed by atoms with van der Waals surface area (Å²) < 4.78 is 1.03. The maximum Gasteiger partial charge on any atom is 0.294 e. The van der Waals surface area contributed by atoms with Crippen LogP contribution in [0.25, 0.3) is 10.2 Å². The average Bonchev–Trinajstić information content (AvgIpc) is 2.86. The number of amides is 1. The summed E-state index contributed by atoms with van der Waals surface area (Å²) in [4.78, 5) is 28.4. The van der Waals surface area contributed by atoms with Gasteiger partial charge in [-0.3, -0.25) is 9.59 Å². The number of hydrogen-bond acceptors (Lipinski definition) is 4. The van der Waals surface area contributed by atoms with E-state index in [1.807, 2.05) is 18.2 Å². The molecule has 0 bridgehead atoms. The first-order valence-electron chi connectivity index (χ1n) is 4.93. The molecule has 0 N–H and O–H groups in total. The van der Waals surface area contributed by atoms with E-state index >= 15 is 0 Å². The Morgan fingerprint density at radius 3 is 2.94 bits per heavy atom. The molecule has 16 heavy (non-hydrogen) atoms. The highest BCUT2D eigenvalue weighted by Crippen LogP contribution is 2.26. The summed E-state index contributed by atoms with van der Waals surface area (Å²) in [7, 11) is 0. The van der Waals surface area contributed by atoms with E-state index in [1.165, 1.54) is 16.2 Å². The van der Waals surface area contributed by atoms with Crippen LogP contribution in [0.5, 0.6) is 0 Å². The molecule has 3 rings (SSSR count). The third-order valence-electron chi connectivity index (χ3n) is 2.67. The Morgan fingerprint density at radius 2 is 2.19 bits per heavy atom. The van der Waals surface area contributed by atoms with E-state index in [4.69, 9.17) is 0 Å². The zero-order chi connectivity index (χ0) is 11.1. The van der Waals surface area contributed by atoms with Crippen LogP contribution in [0.15, 0.2) is 23.7 Å². The number of ketones is 1. The van der Waals surface area contributed by atoms with Crippen molar-refractivity contribution >= 4 is 38.9 Å². The van der Waals surface area contributed by atoms with E-state index in [2.05, 4.69) is 4.98 Å². The second kappa shape index (κ2) is 3.38. The maximum atomic E-state index is 11.5. The maximum absolute atomic E-state index is 11.5. The molecule has 0 atom stereocenters. The summed E-state index contributed by atoms with van der Waals surface area (Å²) in [5.41, 5.74) is 3.48. The third kappa shape index (κ3) is 1.32. The fraction of sp³-hybridized carbons (Fsp3) is 0.182. The molecule has 0 unspecified atom stereocenters. The molecule has 1 aromatic heterocycles. The van der Waals surface area contributed by atoms with Gasteiger partial charge in [0, 0.05) is 18.7 Å². The Morgan fingerprint density at radius 1 is 1.31 bits per heavy atom. The first kappa shape index (κ1) is 9.47. The van der Waals surface area contributed by atoms with Gasteiger partial charge in [-0.15, -0.1) is 11.3 Å². The van der Waals surface area contributed by atoms with Crippen molar-refractivity contribution < 1.29 is 9.59 Å². The number of nitrogens with zero attached hydrogens (tertiary/aromatic N) is 2. The molecule has 1 aliphatic heterocycles. The minimum Gasteiger partial charge on any atom is -0.305 e. The highest BCUT2D eigenvalue weighted by molar-refractivity contribution is 7.16. The zero-order valence-electron chi connectivity index (χ0n) is 8.34. The summed E-state index contributed by atoms with van der Waals surface area (Å²) in [6.45, 7) is 0.488. The van der Waals surface area contributed by atoms with E-state index in [-0.39, 0.29) is 5.78 Å². The van der Waals surface area contributed by atoms with Crippen LogP contribution in [0.1, 0.15) is 6.42 Å². The molecular weight excluding hydrogens is 224 g/mol.